The Morgan fingerprint density at radius 3 is 2.71 bits per heavy atom. The molecule has 1 heterocycles. The van der Waals surface area contributed by atoms with Gasteiger partial charge in [0.05, 0.1) is 10.3 Å². The molecule has 1 atom stereocenters. The molecule has 1 fully saturated rings. The monoisotopic (exact) mass is 422 g/mol. The topological polar surface area (TPSA) is 69.0 Å². The first-order chi connectivity index (χ1) is 13.5. The van der Waals surface area contributed by atoms with E-state index < -0.39 is 0 Å². The van der Waals surface area contributed by atoms with E-state index in [0.29, 0.717) is 27.8 Å². The minimum Gasteiger partial charge on any atom is -0.484 e. The highest BCUT2D eigenvalue weighted by Crippen LogP contribution is 2.26. The Balaban J connectivity index is 1.54. The van der Waals surface area contributed by atoms with Crippen LogP contribution in [-0.4, -0.2) is 32.0 Å². The van der Waals surface area contributed by atoms with Crippen molar-refractivity contribution < 1.29 is 9.53 Å². The number of para-hydroxylation sites is 1. The van der Waals surface area contributed by atoms with Crippen LogP contribution in [-0.2, 0) is 18.4 Å². The number of benzene rings is 1. The maximum Gasteiger partial charge on any atom is 0.233 e. The normalized spacial score (nSPS) is 16.4. The molecule has 3 rings (SSSR count). The first-order valence-corrected chi connectivity index (χ1v) is 11.0. The number of halogens is 1. The van der Waals surface area contributed by atoms with E-state index in [4.69, 9.17) is 16.3 Å². The predicted octanol–water partition coefficient (Wildman–Crippen LogP) is 4.37. The average Bonchev–Trinajstić information content (AvgIpc) is 2.87. The number of ether oxygens (including phenoxy) is 1. The molecule has 0 bridgehead atoms. The Labute approximate surface area is 175 Å². The fraction of sp³-hybridized carbons (Fsp3) is 0.550. The van der Waals surface area contributed by atoms with Gasteiger partial charge in [0.2, 0.25) is 5.91 Å². The van der Waals surface area contributed by atoms with Crippen molar-refractivity contribution in [2.24, 2.45) is 7.05 Å². The van der Waals surface area contributed by atoms with Crippen molar-refractivity contribution in [3.63, 3.8) is 0 Å². The van der Waals surface area contributed by atoms with Crippen LogP contribution in [0.25, 0.3) is 0 Å². The van der Waals surface area contributed by atoms with E-state index in [0.717, 1.165) is 12.8 Å². The van der Waals surface area contributed by atoms with Crippen LogP contribution in [0, 0.1) is 0 Å². The van der Waals surface area contributed by atoms with Gasteiger partial charge < -0.3 is 14.6 Å². The lowest BCUT2D eigenvalue weighted by Gasteiger charge is -2.19. The van der Waals surface area contributed by atoms with Crippen molar-refractivity contribution in [3.05, 3.63) is 35.1 Å². The van der Waals surface area contributed by atoms with E-state index in [1.165, 1.54) is 37.4 Å². The fourth-order valence-corrected chi connectivity index (χ4v) is 4.26. The predicted molar refractivity (Wildman–Crippen MR) is 112 cm³/mol. The van der Waals surface area contributed by atoms with Crippen molar-refractivity contribution in [2.75, 3.05) is 0 Å². The summed E-state index contributed by atoms with van der Waals surface area (Å²) in [5.74, 6) is 1.35. The second kappa shape index (κ2) is 10.2. The highest BCUT2D eigenvalue weighted by Gasteiger charge is 2.22. The number of nitrogens with one attached hydrogen (secondary N) is 1. The van der Waals surface area contributed by atoms with Crippen LogP contribution in [0.4, 0.5) is 0 Å². The van der Waals surface area contributed by atoms with Crippen molar-refractivity contribution in [3.8, 4) is 5.75 Å². The maximum atomic E-state index is 12.6. The number of carbonyl (C=O) groups excluding carboxylic acids is 1. The first-order valence-electron chi connectivity index (χ1n) is 9.77. The SMILES string of the molecule is C[C@H](Sc1nnc(COc2ccccc2Cl)n1C)C(=O)NC1CCCCCC1. The van der Waals surface area contributed by atoms with E-state index in [1.54, 1.807) is 6.07 Å². The van der Waals surface area contributed by atoms with Crippen LogP contribution < -0.4 is 10.1 Å². The zero-order valence-electron chi connectivity index (χ0n) is 16.4. The van der Waals surface area contributed by atoms with Gasteiger partial charge in [-0.1, -0.05) is 61.2 Å². The van der Waals surface area contributed by atoms with Gasteiger partial charge in [-0.05, 0) is 31.9 Å². The third-order valence-corrected chi connectivity index (χ3v) is 6.42. The maximum absolute atomic E-state index is 12.6. The second-order valence-corrected chi connectivity index (χ2v) is 8.85. The number of thioether (sulfide) groups is 1. The van der Waals surface area contributed by atoms with E-state index in [1.807, 2.05) is 36.7 Å². The second-order valence-electron chi connectivity index (χ2n) is 7.13. The summed E-state index contributed by atoms with van der Waals surface area (Å²) in [5, 5.41) is 12.6. The molecule has 1 aliphatic rings. The summed E-state index contributed by atoms with van der Waals surface area (Å²) in [7, 11) is 1.88. The largest absolute Gasteiger partial charge is 0.484 e. The molecule has 1 aromatic carbocycles. The van der Waals surface area contributed by atoms with Crippen molar-refractivity contribution in [2.45, 2.75) is 68.5 Å². The third kappa shape index (κ3) is 5.64. The molecule has 6 nitrogen and oxygen atoms in total. The van der Waals surface area contributed by atoms with Gasteiger partial charge in [-0.15, -0.1) is 10.2 Å². The molecule has 0 radical (unpaired) electrons. The lowest BCUT2D eigenvalue weighted by Crippen LogP contribution is -2.39. The van der Waals surface area contributed by atoms with Crippen LogP contribution in [0.15, 0.2) is 29.4 Å². The molecular formula is C20H27ClN4O2S. The van der Waals surface area contributed by atoms with Crippen LogP contribution in [0.5, 0.6) is 5.75 Å². The fourth-order valence-electron chi connectivity index (χ4n) is 3.23. The minimum absolute atomic E-state index is 0.0637. The van der Waals surface area contributed by atoms with Crippen LogP contribution >= 0.6 is 23.4 Å². The molecule has 28 heavy (non-hydrogen) atoms. The summed E-state index contributed by atoms with van der Waals surface area (Å²) in [6.07, 6.45) is 7.10. The number of aromatic nitrogens is 3. The Kier molecular flexibility index (Phi) is 7.62. The Morgan fingerprint density at radius 2 is 2.00 bits per heavy atom. The Hall–Kier alpha value is -1.73. The molecule has 2 aromatic rings. The number of carbonyl (C=O) groups is 1. The van der Waals surface area contributed by atoms with Gasteiger partial charge in [-0.25, -0.2) is 0 Å². The third-order valence-electron chi connectivity index (χ3n) is 4.97. The number of amides is 1. The van der Waals surface area contributed by atoms with Gasteiger partial charge in [0.15, 0.2) is 11.0 Å². The van der Waals surface area contributed by atoms with Gasteiger partial charge in [-0.3, -0.25) is 4.79 Å². The Morgan fingerprint density at radius 1 is 1.29 bits per heavy atom. The average molecular weight is 423 g/mol. The van der Waals surface area contributed by atoms with Crippen molar-refractivity contribution >= 4 is 29.3 Å². The molecule has 0 aliphatic heterocycles. The number of hydrogen-bond donors (Lipinski definition) is 1. The van der Waals surface area contributed by atoms with Gasteiger partial charge >= 0.3 is 0 Å². The molecule has 0 unspecified atom stereocenters. The standard InChI is InChI=1S/C20H27ClN4O2S/c1-14(19(26)22-15-9-5-3-4-6-10-15)28-20-24-23-18(25(20)2)13-27-17-12-8-7-11-16(17)21/h7-8,11-12,14-15H,3-6,9-10,13H2,1-2H3,(H,22,26)/t14-/m0/s1. The van der Waals surface area contributed by atoms with Crippen LogP contribution in [0.2, 0.25) is 5.02 Å². The quantitative estimate of drug-likeness (QED) is 0.530. The van der Waals surface area contributed by atoms with Gasteiger partial charge in [-0.2, -0.15) is 0 Å². The molecule has 1 aliphatic carbocycles. The van der Waals surface area contributed by atoms with E-state index in [-0.39, 0.29) is 17.8 Å². The summed E-state index contributed by atoms with van der Waals surface area (Å²) in [5.41, 5.74) is 0. The highest BCUT2D eigenvalue weighted by molar-refractivity contribution is 8.00. The van der Waals surface area contributed by atoms with E-state index >= 15 is 0 Å². The molecule has 8 heteroatoms. The molecule has 1 amide bonds. The summed E-state index contributed by atoms with van der Waals surface area (Å²) in [4.78, 5) is 12.6. The van der Waals surface area contributed by atoms with Gasteiger partial charge in [0.1, 0.15) is 12.4 Å². The first kappa shape index (κ1) is 21.0. The molecule has 1 saturated carbocycles. The summed E-state index contributed by atoms with van der Waals surface area (Å²) >= 11 is 7.53. The lowest BCUT2D eigenvalue weighted by molar-refractivity contribution is -0.121. The zero-order chi connectivity index (χ0) is 19.9. The molecule has 1 N–H and O–H groups in total. The minimum atomic E-state index is -0.233. The highest BCUT2D eigenvalue weighted by atomic mass is 35.5. The van der Waals surface area contributed by atoms with Crippen molar-refractivity contribution in [1.82, 2.24) is 20.1 Å². The van der Waals surface area contributed by atoms with E-state index in [2.05, 4.69) is 15.5 Å². The summed E-state index contributed by atoms with van der Waals surface area (Å²) in [6, 6.07) is 7.62. The smallest absolute Gasteiger partial charge is 0.233 e. The number of hydrogen-bond acceptors (Lipinski definition) is 5. The Bertz CT molecular complexity index is 790. The lowest BCUT2D eigenvalue weighted by atomic mass is 10.1. The molecular weight excluding hydrogens is 396 g/mol. The molecule has 1 aromatic heterocycles. The summed E-state index contributed by atoms with van der Waals surface area (Å²) < 4.78 is 7.60. The summed E-state index contributed by atoms with van der Waals surface area (Å²) in [6.45, 7) is 2.17. The zero-order valence-corrected chi connectivity index (χ0v) is 17.9. The van der Waals surface area contributed by atoms with E-state index in [9.17, 15) is 4.79 Å². The number of nitrogens with zero attached hydrogens (tertiary/aromatic N) is 3. The van der Waals surface area contributed by atoms with Crippen molar-refractivity contribution in [1.29, 1.82) is 0 Å². The van der Waals surface area contributed by atoms with Crippen LogP contribution in [0.1, 0.15) is 51.3 Å². The molecule has 0 saturated heterocycles. The molecule has 152 valence electrons. The van der Waals surface area contributed by atoms with Gasteiger partial charge in [0, 0.05) is 13.1 Å². The number of rotatable bonds is 7. The van der Waals surface area contributed by atoms with Gasteiger partial charge in [0.25, 0.3) is 0 Å². The van der Waals surface area contributed by atoms with Crippen LogP contribution in [0.3, 0.4) is 0 Å². The molecule has 0 spiro atoms.